The van der Waals surface area contributed by atoms with Crippen LogP contribution in [0.2, 0.25) is 0 Å². The van der Waals surface area contributed by atoms with Gasteiger partial charge in [0.15, 0.2) is 0 Å². The van der Waals surface area contributed by atoms with Gasteiger partial charge in [-0.1, -0.05) is 6.07 Å². The van der Waals surface area contributed by atoms with Gasteiger partial charge in [-0.3, -0.25) is 9.67 Å². The third-order valence-corrected chi connectivity index (χ3v) is 7.69. The molecule has 0 aliphatic carbocycles. The number of benzene rings is 1. The van der Waals surface area contributed by atoms with Gasteiger partial charge in [0, 0.05) is 31.7 Å². The van der Waals surface area contributed by atoms with Crippen LogP contribution >= 0.6 is 0 Å². The first-order chi connectivity index (χ1) is 12.9. The summed E-state index contributed by atoms with van der Waals surface area (Å²) >= 11 is 0. The fourth-order valence-corrected chi connectivity index (χ4v) is 5.62. The van der Waals surface area contributed by atoms with Crippen molar-refractivity contribution >= 4 is 20.9 Å². The summed E-state index contributed by atoms with van der Waals surface area (Å²) in [5.41, 5.74) is 4.22. The van der Waals surface area contributed by atoms with Gasteiger partial charge in [-0.15, -0.1) is 0 Å². The first kappa shape index (κ1) is 18.1. The van der Waals surface area contributed by atoms with Crippen molar-refractivity contribution in [2.75, 3.05) is 13.1 Å². The molecule has 0 radical (unpaired) electrons. The van der Waals surface area contributed by atoms with Crippen molar-refractivity contribution in [1.29, 1.82) is 0 Å². The molecule has 1 aromatic carbocycles. The van der Waals surface area contributed by atoms with Gasteiger partial charge < -0.3 is 0 Å². The van der Waals surface area contributed by atoms with E-state index in [9.17, 15) is 8.42 Å². The molecule has 6 nitrogen and oxygen atoms in total. The molecular weight excluding hydrogens is 360 g/mol. The van der Waals surface area contributed by atoms with Gasteiger partial charge in [-0.05, 0) is 61.9 Å². The highest BCUT2D eigenvalue weighted by molar-refractivity contribution is 7.89. The largest absolute Gasteiger partial charge is 0.272 e. The molecule has 7 heteroatoms. The van der Waals surface area contributed by atoms with Gasteiger partial charge >= 0.3 is 0 Å². The molecule has 0 unspecified atom stereocenters. The Bertz CT molecular complexity index is 1100. The summed E-state index contributed by atoms with van der Waals surface area (Å²) in [5, 5.41) is 5.22. The molecule has 142 valence electrons. The maximum absolute atomic E-state index is 13.0. The van der Waals surface area contributed by atoms with Gasteiger partial charge in [0.1, 0.15) is 4.90 Å². The zero-order valence-corrected chi connectivity index (χ0v) is 16.7. The Morgan fingerprint density at radius 1 is 1.15 bits per heavy atom. The molecule has 0 atom stereocenters. The van der Waals surface area contributed by atoms with Crippen LogP contribution < -0.4 is 0 Å². The molecule has 27 heavy (non-hydrogen) atoms. The smallest absolute Gasteiger partial charge is 0.246 e. The van der Waals surface area contributed by atoms with E-state index in [2.05, 4.69) is 35.2 Å². The molecule has 1 aliphatic rings. The predicted molar refractivity (Wildman–Crippen MR) is 105 cm³/mol. The molecule has 1 saturated heterocycles. The third-order valence-electron chi connectivity index (χ3n) is 5.69. The monoisotopic (exact) mass is 384 g/mol. The number of rotatable bonds is 3. The maximum Gasteiger partial charge on any atom is 0.246 e. The average molecular weight is 385 g/mol. The zero-order chi connectivity index (χ0) is 19.2. The van der Waals surface area contributed by atoms with Gasteiger partial charge in [-0.25, -0.2) is 8.42 Å². The van der Waals surface area contributed by atoms with Crippen molar-refractivity contribution in [3.05, 3.63) is 53.5 Å². The minimum absolute atomic E-state index is 0.316. The van der Waals surface area contributed by atoms with Crippen LogP contribution in [0.25, 0.3) is 10.9 Å². The number of aryl methyl sites for hydroxylation is 2. The lowest BCUT2D eigenvalue weighted by Crippen LogP contribution is -2.38. The van der Waals surface area contributed by atoms with E-state index in [0.717, 1.165) is 23.7 Å². The Morgan fingerprint density at radius 2 is 1.89 bits per heavy atom. The summed E-state index contributed by atoms with van der Waals surface area (Å²) < 4.78 is 29.1. The van der Waals surface area contributed by atoms with Crippen LogP contribution in [0.5, 0.6) is 0 Å². The molecule has 1 fully saturated rings. The van der Waals surface area contributed by atoms with Crippen LogP contribution in [0.15, 0.2) is 41.6 Å². The van der Waals surface area contributed by atoms with Gasteiger partial charge in [0.25, 0.3) is 0 Å². The topological polar surface area (TPSA) is 68.1 Å². The number of sulfonamides is 1. The molecule has 0 saturated carbocycles. The number of pyridine rings is 1. The van der Waals surface area contributed by atoms with Crippen molar-refractivity contribution < 1.29 is 8.42 Å². The SMILES string of the molecule is Cc1cc2ncccc2cc1C1CCN(S(=O)(=O)c2cnn(C)c2C)CC1. The first-order valence-electron chi connectivity index (χ1n) is 9.22. The highest BCUT2D eigenvalue weighted by Gasteiger charge is 2.32. The van der Waals surface area contributed by atoms with Crippen LogP contribution in [0.1, 0.15) is 35.6 Å². The number of aromatic nitrogens is 3. The van der Waals surface area contributed by atoms with E-state index >= 15 is 0 Å². The predicted octanol–water partition coefficient (Wildman–Crippen LogP) is 3.15. The van der Waals surface area contributed by atoms with Crippen LogP contribution in [0, 0.1) is 13.8 Å². The Kier molecular flexibility index (Phi) is 4.52. The number of nitrogens with zero attached hydrogens (tertiary/aromatic N) is 4. The van der Waals surface area contributed by atoms with Crippen molar-refractivity contribution in [1.82, 2.24) is 19.1 Å². The Hall–Kier alpha value is -2.25. The second kappa shape index (κ2) is 6.73. The summed E-state index contributed by atoms with van der Waals surface area (Å²) in [6, 6.07) is 8.38. The van der Waals surface area contributed by atoms with Crippen LogP contribution in [0.3, 0.4) is 0 Å². The Morgan fingerprint density at radius 3 is 2.56 bits per heavy atom. The maximum atomic E-state index is 13.0. The minimum Gasteiger partial charge on any atom is -0.272 e. The fourth-order valence-electron chi connectivity index (χ4n) is 3.96. The molecule has 0 N–H and O–H groups in total. The van der Waals surface area contributed by atoms with Gasteiger partial charge in [-0.2, -0.15) is 9.40 Å². The van der Waals surface area contributed by atoms with E-state index in [4.69, 9.17) is 0 Å². The summed E-state index contributed by atoms with van der Waals surface area (Å²) in [7, 11) is -1.72. The summed E-state index contributed by atoms with van der Waals surface area (Å²) in [5.74, 6) is 0.371. The molecule has 2 aromatic heterocycles. The van der Waals surface area contributed by atoms with E-state index in [0.29, 0.717) is 29.6 Å². The quantitative estimate of drug-likeness (QED) is 0.696. The van der Waals surface area contributed by atoms with Crippen molar-refractivity contribution in [3.8, 4) is 0 Å². The minimum atomic E-state index is -3.48. The van der Waals surface area contributed by atoms with E-state index in [1.807, 2.05) is 12.3 Å². The van der Waals surface area contributed by atoms with Crippen molar-refractivity contribution in [3.63, 3.8) is 0 Å². The number of hydrogen-bond donors (Lipinski definition) is 0. The van der Waals surface area contributed by atoms with Gasteiger partial charge in [0.2, 0.25) is 10.0 Å². The number of hydrogen-bond acceptors (Lipinski definition) is 4. The molecule has 3 heterocycles. The van der Waals surface area contributed by atoms with E-state index < -0.39 is 10.0 Å². The first-order valence-corrected chi connectivity index (χ1v) is 10.7. The molecule has 4 rings (SSSR count). The Balaban J connectivity index is 1.56. The molecule has 0 amide bonds. The summed E-state index contributed by atoms with van der Waals surface area (Å²) in [6.07, 6.45) is 4.92. The zero-order valence-electron chi connectivity index (χ0n) is 15.9. The van der Waals surface area contributed by atoms with E-state index in [1.165, 1.54) is 17.3 Å². The number of piperidine rings is 1. The molecule has 0 spiro atoms. The second-order valence-corrected chi connectivity index (χ2v) is 9.21. The highest BCUT2D eigenvalue weighted by Crippen LogP contribution is 2.34. The molecule has 1 aliphatic heterocycles. The third kappa shape index (κ3) is 3.15. The summed E-state index contributed by atoms with van der Waals surface area (Å²) in [6.45, 7) is 4.97. The van der Waals surface area contributed by atoms with Crippen LogP contribution in [-0.2, 0) is 17.1 Å². The van der Waals surface area contributed by atoms with Crippen LogP contribution in [0.4, 0.5) is 0 Å². The van der Waals surface area contributed by atoms with E-state index in [-0.39, 0.29) is 0 Å². The Labute approximate surface area is 159 Å². The summed E-state index contributed by atoms with van der Waals surface area (Å²) in [4.78, 5) is 4.74. The number of fused-ring (bicyclic) bond motifs is 1. The standard InChI is InChI=1S/C20H24N4O2S/c1-14-11-19-17(5-4-8-21-19)12-18(14)16-6-9-24(10-7-16)27(25,26)20-13-22-23(3)15(20)2/h4-5,8,11-13,16H,6-7,9-10H2,1-3H3. The van der Waals surface area contributed by atoms with Crippen LogP contribution in [-0.4, -0.2) is 40.6 Å². The second-order valence-electron chi connectivity index (χ2n) is 7.30. The average Bonchev–Trinajstić information content (AvgIpc) is 3.01. The van der Waals surface area contributed by atoms with Gasteiger partial charge in [0.05, 0.1) is 17.4 Å². The lowest BCUT2D eigenvalue weighted by Gasteiger charge is -2.32. The van der Waals surface area contributed by atoms with Crippen molar-refractivity contribution in [2.24, 2.45) is 7.05 Å². The molecular formula is C20H24N4O2S. The molecule has 3 aromatic rings. The highest BCUT2D eigenvalue weighted by atomic mass is 32.2. The lowest BCUT2D eigenvalue weighted by atomic mass is 9.86. The normalized spacial score (nSPS) is 16.9. The van der Waals surface area contributed by atoms with E-state index in [1.54, 1.807) is 23.0 Å². The molecule has 0 bridgehead atoms. The fraction of sp³-hybridized carbons (Fsp3) is 0.400. The van der Waals surface area contributed by atoms with Crippen molar-refractivity contribution in [2.45, 2.75) is 37.5 Å². The lowest BCUT2D eigenvalue weighted by molar-refractivity contribution is 0.319.